The topological polar surface area (TPSA) is 64.8 Å². The Bertz CT molecular complexity index is 1360. The molecular weight excluding hydrogens is 427 g/mol. The van der Waals surface area contributed by atoms with Gasteiger partial charge in [-0.3, -0.25) is 9.69 Å². The Labute approximate surface area is 199 Å². The number of likely N-dealkylation sites (tertiary alicyclic amines) is 1. The molecule has 34 heavy (non-hydrogen) atoms. The average molecular weight is 459 g/mol. The maximum Gasteiger partial charge on any atom is 0.273 e. The summed E-state index contributed by atoms with van der Waals surface area (Å²) in [4.78, 5) is 18.6. The number of benzene rings is 2. The summed E-state index contributed by atoms with van der Waals surface area (Å²) in [6.07, 6.45) is 6.57. The zero-order valence-corrected chi connectivity index (χ0v) is 19.9. The van der Waals surface area contributed by atoms with Crippen LogP contribution in [0.15, 0.2) is 47.3 Å². The van der Waals surface area contributed by atoms with Crippen molar-refractivity contribution in [2.45, 2.75) is 52.5 Å². The second-order valence-corrected chi connectivity index (χ2v) is 9.57. The monoisotopic (exact) mass is 458 g/mol. The van der Waals surface area contributed by atoms with E-state index in [1.165, 1.54) is 37.7 Å². The Morgan fingerprint density at radius 2 is 1.65 bits per heavy atom. The van der Waals surface area contributed by atoms with Gasteiger partial charge < -0.3 is 4.98 Å². The normalized spacial score (nSPS) is 15.4. The molecule has 0 aliphatic carbocycles. The second kappa shape index (κ2) is 9.55. The van der Waals surface area contributed by atoms with Gasteiger partial charge in [0, 0.05) is 23.0 Å². The third-order valence-corrected chi connectivity index (χ3v) is 6.87. The van der Waals surface area contributed by atoms with Crippen LogP contribution in [0, 0.1) is 19.7 Å². The molecule has 1 aliphatic rings. The van der Waals surface area contributed by atoms with Gasteiger partial charge in [-0.15, -0.1) is 0 Å². The Morgan fingerprint density at radius 1 is 0.941 bits per heavy atom. The van der Waals surface area contributed by atoms with Crippen LogP contribution in [0.2, 0.25) is 0 Å². The number of nitrogens with zero attached hydrogens (tertiary/aromatic N) is 2. The van der Waals surface area contributed by atoms with Gasteiger partial charge in [-0.1, -0.05) is 31.4 Å². The molecule has 3 heterocycles. The molecule has 2 N–H and O–H groups in total. The van der Waals surface area contributed by atoms with Crippen LogP contribution in [-0.4, -0.2) is 33.2 Å². The van der Waals surface area contributed by atoms with Gasteiger partial charge >= 0.3 is 0 Å². The first-order valence-corrected chi connectivity index (χ1v) is 12.2. The maximum absolute atomic E-state index is 14.1. The highest BCUT2D eigenvalue weighted by atomic mass is 19.1. The summed E-state index contributed by atoms with van der Waals surface area (Å²) in [6, 6.07) is 13.8. The smallest absolute Gasteiger partial charge is 0.273 e. The highest BCUT2D eigenvalue weighted by Gasteiger charge is 2.14. The molecule has 5 rings (SSSR count). The fourth-order valence-corrected chi connectivity index (χ4v) is 4.99. The zero-order valence-electron chi connectivity index (χ0n) is 19.9. The first-order chi connectivity index (χ1) is 16.5. The molecule has 1 saturated heterocycles. The quantitative estimate of drug-likeness (QED) is 0.388. The molecule has 2 aromatic carbocycles. The third-order valence-electron chi connectivity index (χ3n) is 6.87. The molecule has 0 saturated carbocycles. The Kier molecular flexibility index (Phi) is 6.33. The van der Waals surface area contributed by atoms with E-state index in [-0.39, 0.29) is 11.4 Å². The van der Waals surface area contributed by atoms with Crippen molar-refractivity contribution in [2.24, 2.45) is 0 Å². The van der Waals surface area contributed by atoms with E-state index >= 15 is 0 Å². The number of nitrogens with one attached hydrogen (secondary N) is 2. The van der Waals surface area contributed by atoms with Crippen LogP contribution >= 0.6 is 0 Å². The molecule has 4 aromatic rings. The Balaban J connectivity index is 1.45. The fraction of sp³-hybridized carbons (Fsp3) is 0.357. The number of hydrogen-bond acceptors (Lipinski definition) is 3. The predicted molar refractivity (Wildman–Crippen MR) is 135 cm³/mol. The van der Waals surface area contributed by atoms with Gasteiger partial charge in [0.05, 0.1) is 17.0 Å². The number of fused-ring (bicyclic) bond motifs is 1. The zero-order chi connectivity index (χ0) is 23.7. The standard InChI is InChI=1S/C28H31FN4O/c1-18-12-22(13-19(2)27(18)29)25-16-23(28(34)32-31-25)26-15-21-9-8-20(14-24(21)30-26)17-33-10-6-4-3-5-7-11-33/h8-9,12-16,30H,3-7,10-11,17H2,1-2H3,(H,32,34). The molecule has 2 aromatic heterocycles. The van der Waals surface area contributed by atoms with Gasteiger partial charge in [-0.05, 0) is 86.8 Å². The fourth-order valence-electron chi connectivity index (χ4n) is 4.99. The summed E-state index contributed by atoms with van der Waals surface area (Å²) in [5, 5.41) is 7.90. The number of hydrogen-bond donors (Lipinski definition) is 2. The van der Waals surface area contributed by atoms with Crippen molar-refractivity contribution in [3.05, 3.63) is 75.3 Å². The van der Waals surface area contributed by atoms with Crippen LogP contribution in [0.4, 0.5) is 4.39 Å². The second-order valence-electron chi connectivity index (χ2n) is 9.57. The summed E-state index contributed by atoms with van der Waals surface area (Å²) in [5.41, 5.74) is 5.81. The summed E-state index contributed by atoms with van der Waals surface area (Å²) < 4.78 is 14.1. The highest BCUT2D eigenvalue weighted by molar-refractivity contribution is 5.86. The van der Waals surface area contributed by atoms with E-state index in [9.17, 15) is 9.18 Å². The van der Waals surface area contributed by atoms with E-state index in [4.69, 9.17) is 0 Å². The van der Waals surface area contributed by atoms with Crippen molar-refractivity contribution in [2.75, 3.05) is 13.1 Å². The van der Waals surface area contributed by atoms with E-state index in [0.717, 1.165) is 41.8 Å². The minimum Gasteiger partial charge on any atom is -0.354 e. The van der Waals surface area contributed by atoms with Gasteiger partial charge in [0.2, 0.25) is 0 Å². The lowest BCUT2D eigenvalue weighted by Gasteiger charge is -2.24. The Hall–Kier alpha value is -3.25. The number of H-pyrrole nitrogens is 2. The van der Waals surface area contributed by atoms with Crippen molar-refractivity contribution in [1.82, 2.24) is 20.1 Å². The lowest BCUT2D eigenvalue weighted by molar-refractivity contribution is 0.240. The first kappa shape index (κ1) is 22.5. The van der Waals surface area contributed by atoms with E-state index in [0.29, 0.717) is 22.4 Å². The summed E-state index contributed by atoms with van der Waals surface area (Å²) in [7, 11) is 0. The molecule has 0 amide bonds. The minimum atomic E-state index is -0.258. The van der Waals surface area contributed by atoms with Crippen LogP contribution in [-0.2, 0) is 6.54 Å². The lowest BCUT2D eigenvalue weighted by atomic mass is 10.0. The SMILES string of the molecule is Cc1cc(-c2cc(-c3cc4ccc(CN5CCCCCCC5)cc4[nH]3)c(=O)[nH]n2)cc(C)c1F. The highest BCUT2D eigenvalue weighted by Crippen LogP contribution is 2.27. The molecule has 1 aliphatic heterocycles. The van der Waals surface area contributed by atoms with Crippen LogP contribution in [0.5, 0.6) is 0 Å². The van der Waals surface area contributed by atoms with Crippen LogP contribution < -0.4 is 5.56 Å². The van der Waals surface area contributed by atoms with E-state index in [1.807, 2.05) is 6.07 Å². The first-order valence-electron chi connectivity index (χ1n) is 12.2. The molecule has 5 nitrogen and oxygen atoms in total. The van der Waals surface area contributed by atoms with Crippen molar-refractivity contribution >= 4 is 10.9 Å². The molecule has 0 bridgehead atoms. The van der Waals surface area contributed by atoms with Gasteiger partial charge in [0.1, 0.15) is 5.82 Å². The van der Waals surface area contributed by atoms with Gasteiger partial charge in [-0.25, -0.2) is 9.49 Å². The number of aromatic nitrogens is 3. The van der Waals surface area contributed by atoms with Crippen molar-refractivity contribution < 1.29 is 4.39 Å². The molecule has 6 heteroatoms. The summed E-state index contributed by atoms with van der Waals surface area (Å²) >= 11 is 0. The largest absolute Gasteiger partial charge is 0.354 e. The van der Waals surface area contributed by atoms with Gasteiger partial charge in [-0.2, -0.15) is 5.10 Å². The van der Waals surface area contributed by atoms with E-state index in [2.05, 4.69) is 38.3 Å². The number of aromatic amines is 2. The number of halogens is 1. The molecule has 176 valence electrons. The molecular formula is C28H31FN4O. The Morgan fingerprint density at radius 3 is 2.38 bits per heavy atom. The molecule has 0 radical (unpaired) electrons. The minimum absolute atomic E-state index is 0.212. The summed E-state index contributed by atoms with van der Waals surface area (Å²) in [6.45, 7) is 6.74. The van der Waals surface area contributed by atoms with Crippen LogP contribution in [0.3, 0.4) is 0 Å². The maximum atomic E-state index is 14.1. The molecule has 1 fully saturated rings. The van der Waals surface area contributed by atoms with Crippen LogP contribution in [0.1, 0.15) is 48.8 Å². The van der Waals surface area contributed by atoms with Crippen molar-refractivity contribution in [3.8, 4) is 22.5 Å². The van der Waals surface area contributed by atoms with Crippen molar-refractivity contribution in [1.29, 1.82) is 0 Å². The van der Waals surface area contributed by atoms with Gasteiger partial charge in [0.25, 0.3) is 5.56 Å². The van der Waals surface area contributed by atoms with Gasteiger partial charge in [0.15, 0.2) is 0 Å². The summed E-state index contributed by atoms with van der Waals surface area (Å²) in [5.74, 6) is -0.212. The van der Waals surface area contributed by atoms with Crippen molar-refractivity contribution in [3.63, 3.8) is 0 Å². The molecule has 0 unspecified atom stereocenters. The third kappa shape index (κ3) is 4.68. The number of aryl methyl sites for hydroxylation is 2. The molecule has 0 atom stereocenters. The molecule has 0 spiro atoms. The van der Waals surface area contributed by atoms with E-state index in [1.54, 1.807) is 32.0 Å². The lowest BCUT2D eigenvalue weighted by Crippen LogP contribution is -2.26. The van der Waals surface area contributed by atoms with E-state index < -0.39 is 0 Å². The predicted octanol–water partition coefficient (Wildman–Crippen LogP) is 6.11. The van der Waals surface area contributed by atoms with Crippen LogP contribution in [0.25, 0.3) is 33.4 Å². The average Bonchev–Trinajstić information content (AvgIpc) is 3.22. The number of rotatable bonds is 4.